The number of methoxy groups -OCH3 is 2. The second kappa shape index (κ2) is 12.0. The lowest BCUT2D eigenvalue weighted by molar-refractivity contribution is 0.0973. The molecule has 32 heavy (non-hydrogen) atoms. The van der Waals surface area contributed by atoms with Crippen molar-refractivity contribution in [1.29, 1.82) is 0 Å². The van der Waals surface area contributed by atoms with Crippen molar-refractivity contribution in [2.45, 2.75) is 45.1 Å². The van der Waals surface area contributed by atoms with Crippen LogP contribution in [-0.4, -0.2) is 44.5 Å². The molecular formula is C25H33ClN2O4. The van der Waals surface area contributed by atoms with Crippen LogP contribution in [0, 0.1) is 0 Å². The zero-order chi connectivity index (χ0) is 22.9. The van der Waals surface area contributed by atoms with E-state index in [-0.39, 0.29) is 12.4 Å². The molecular weight excluding hydrogens is 428 g/mol. The van der Waals surface area contributed by atoms with Gasteiger partial charge in [-0.3, -0.25) is 4.79 Å². The van der Waals surface area contributed by atoms with Crippen molar-refractivity contribution in [2.75, 3.05) is 39.6 Å². The number of carbonyl (C=O) groups excluding carboxylic acids is 1. The number of unbranched alkanes of at least 4 members (excludes halogenated alkanes) is 1. The fourth-order valence-corrected chi connectivity index (χ4v) is 4.12. The lowest BCUT2D eigenvalue weighted by atomic mass is 10.0. The van der Waals surface area contributed by atoms with Crippen LogP contribution in [-0.2, 0) is 6.61 Å². The zero-order valence-corrected chi connectivity index (χ0v) is 19.7. The van der Waals surface area contributed by atoms with E-state index < -0.39 is 0 Å². The Morgan fingerprint density at radius 1 is 1.00 bits per heavy atom. The first-order valence-electron chi connectivity index (χ1n) is 11.2. The van der Waals surface area contributed by atoms with Gasteiger partial charge in [0.25, 0.3) is 0 Å². The minimum atomic E-state index is 0.0174. The Morgan fingerprint density at radius 2 is 1.69 bits per heavy atom. The molecule has 0 atom stereocenters. The highest BCUT2D eigenvalue weighted by Crippen LogP contribution is 2.31. The van der Waals surface area contributed by atoms with Gasteiger partial charge in [0.1, 0.15) is 23.9 Å². The first kappa shape index (κ1) is 24.2. The number of halogens is 1. The fourth-order valence-electron chi connectivity index (χ4n) is 3.96. The molecule has 174 valence electrons. The second-order valence-corrected chi connectivity index (χ2v) is 8.57. The van der Waals surface area contributed by atoms with Crippen LogP contribution in [0.4, 0.5) is 5.69 Å². The Hall–Kier alpha value is -2.44. The third-order valence-corrected chi connectivity index (χ3v) is 6.11. The lowest BCUT2D eigenvalue weighted by Crippen LogP contribution is -2.30. The Balaban J connectivity index is 1.63. The molecule has 3 rings (SSSR count). The number of ether oxygens (including phenoxy) is 3. The standard InChI is InChI=1S/C25H33ClN2O4/c1-30-19-12-18(13-20(14-19)31-2)17-32-25-16-23(27)22(26)15-21(25)24(29)8-4-7-11-28-9-5-3-6-10-28/h12-16H,3-11,17,27H2,1-2H3. The van der Waals surface area contributed by atoms with Gasteiger partial charge in [-0.15, -0.1) is 0 Å². The maximum atomic E-state index is 13.0. The quantitative estimate of drug-likeness (QED) is 0.276. The summed E-state index contributed by atoms with van der Waals surface area (Å²) in [5.41, 5.74) is 7.69. The Labute approximate surface area is 195 Å². The van der Waals surface area contributed by atoms with Crippen LogP contribution >= 0.6 is 11.6 Å². The molecule has 0 aliphatic carbocycles. The van der Waals surface area contributed by atoms with Crippen LogP contribution < -0.4 is 19.9 Å². The number of benzene rings is 2. The zero-order valence-electron chi connectivity index (χ0n) is 19.0. The number of hydrogen-bond donors (Lipinski definition) is 1. The summed E-state index contributed by atoms with van der Waals surface area (Å²) in [5.74, 6) is 1.80. The fraction of sp³-hybridized carbons (Fsp3) is 0.480. The molecule has 6 nitrogen and oxygen atoms in total. The summed E-state index contributed by atoms with van der Waals surface area (Å²) in [5, 5.41) is 0.358. The molecule has 7 heteroatoms. The molecule has 1 aliphatic heterocycles. The molecule has 0 bridgehead atoms. The number of anilines is 1. The summed E-state index contributed by atoms with van der Waals surface area (Å²) >= 11 is 6.22. The van der Waals surface area contributed by atoms with E-state index in [2.05, 4.69) is 4.90 Å². The Kier molecular flexibility index (Phi) is 9.06. The highest BCUT2D eigenvalue weighted by molar-refractivity contribution is 6.33. The summed E-state index contributed by atoms with van der Waals surface area (Å²) in [7, 11) is 3.20. The molecule has 0 radical (unpaired) electrons. The van der Waals surface area contributed by atoms with Crippen molar-refractivity contribution in [3.8, 4) is 17.2 Å². The maximum Gasteiger partial charge on any atom is 0.166 e. The molecule has 0 unspecified atom stereocenters. The van der Waals surface area contributed by atoms with E-state index in [4.69, 9.17) is 31.5 Å². The van der Waals surface area contributed by atoms with Gasteiger partial charge in [0, 0.05) is 18.6 Å². The van der Waals surface area contributed by atoms with Gasteiger partial charge in [-0.25, -0.2) is 0 Å². The summed E-state index contributed by atoms with van der Waals surface area (Å²) < 4.78 is 16.6. The summed E-state index contributed by atoms with van der Waals surface area (Å²) in [6.45, 7) is 3.64. The molecule has 2 aromatic rings. The SMILES string of the molecule is COc1cc(COc2cc(N)c(Cl)cc2C(=O)CCCCN2CCCCC2)cc(OC)c1. The molecule has 1 aliphatic rings. The van der Waals surface area contributed by atoms with Gasteiger partial charge < -0.3 is 24.8 Å². The summed E-state index contributed by atoms with van der Waals surface area (Å²) in [6.07, 6.45) is 6.19. The number of ketones is 1. The van der Waals surface area contributed by atoms with Crippen molar-refractivity contribution in [2.24, 2.45) is 0 Å². The number of nitrogens with zero attached hydrogens (tertiary/aromatic N) is 1. The molecule has 2 N–H and O–H groups in total. The van der Waals surface area contributed by atoms with Crippen molar-refractivity contribution < 1.29 is 19.0 Å². The van der Waals surface area contributed by atoms with Gasteiger partial charge in [-0.2, -0.15) is 0 Å². The van der Waals surface area contributed by atoms with Crippen molar-refractivity contribution >= 4 is 23.1 Å². The number of nitrogens with two attached hydrogens (primary N) is 1. The van der Waals surface area contributed by atoms with E-state index in [1.165, 1.54) is 32.4 Å². The van der Waals surface area contributed by atoms with Crippen LogP contribution in [0.2, 0.25) is 5.02 Å². The lowest BCUT2D eigenvalue weighted by Gasteiger charge is -2.26. The van der Waals surface area contributed by atoms with Gasteiger partial charge in [-0.05, 0) is 69.1 Å². The maximum absolute atomic E-state index is 13.0. The van der Waals surface area contributed by atoms with Gasteiger partial charge >= 0.3 is 0 Å². The minimum absolute atomic E-state index is 0.0174. The molecule has 2 aromatic carbocycles. The van der Waals surface area contributed by atoms with E-state index in [1.807, 2.05) is 12.1 Å². The van der Waals surface area contributed by atoms with Gasteiger partial charge in [0.05, 0.1) is 30.5 Å². The number of carbonyl (C=O) groups is 1. The van der Waals surface area contributed by atoms with E-state index in [0.29, 0.717) is 39.9 Å². The number of likely N-dealkylation sites (tertiary alicyclic amines) is 1. The normalized spacial score (nSPS) is 14.2. The summed E-state index contributed by atoms with van der Waals surface area (Å²) in [6, 6.07) is 8.77. The first-order valence-corrected chi connectivity index (χ1v) is 11.6. The predicted octanol–water partition coefficient (Wildman–Crippen LogP) is 5.36. The molecule has 0 spiro atoms. The summed E-state index contributed by atoms with van der Waals surface area (Å²) in [4.78, 5) is 15.5. The number of rotatable bonds is 11. The molecule has 0 aromatic heterocycles. The molecule has 1 saturated heterocycles. The number of nitrogen functional groups attached to an aromatic ring is 1. The van der Waals surface area contributed by atoms with Crippen LogP contribution in [0.5, 0.6) is 17.2 Å². The highest BCUT2D eigenvalue weighted by Gasteiger charge is 2.17. The Bertz CT molecular complexity index is 891. The second-order valence-electron chi connectivity index (χ2n) is 8.16. The molecule has 1 heterocycles. The third kappa shape index (κ3) is 6.78. The van der Waals surface area contributed by atoms with Crippen molar-refractivity contribution in [3.63, 3.8) is 0 Å². The number of hydrogen-bond acceptors (Lipinski definition) is 6. The van der Waals surface area contributed by atoms with Crippen molar-refractivity contribution in [3.05, 3.63) is 46.5 Å². The van der Waals surface area contributed by atoms with E-state index >= 15 is 0 Å². The number of Topliss-reactive ketones (excluding diaryl/α,β-unsaturated/α-hetero) is 1. The monoisotopic (exact) mass is 460 g/mol. The van der Waals surface area contributed by atoms with E-state index in [1.54, 1.807) is 32.4 Å². The average Bonchev–Trinajstić information content (AvgIpc) is 2.82. The van der Waals surface area contributed by atoms with Crippen molar-refractivity contribution in [1.82, 2.24) is 4.90 Å². The van der Waals surface area contributed by atoms with Gasteiger partial charge in [-0.1, -0.05) is 18.0 Å². The van der Waals surface area contributed by atoms with E-state index in [9.17, 15) is 4.79 Å². The van der Waals surface area contributed by atoms with Crippen LogP contribution in [0.1, 0.15) is 54.4 Å². The van der Waals surface area contributed by atoms with Crippen LogP contribution in [0.25, 0.3) is 0 Å². The first-order chi connectivity index (χ1) is 15.5. The third-order valence-electron chi connectivity index (χ3n) is 5.78. The van der Waals surface area contributed by atoms with Crippen LogP contribution in [0.3, 0.4) is 0 Å². The topological polar surface area (TPSA) is 74.0 Å². The highest BCUT2D eigenvalue weighted by atomic mass is 35.5. The average molecular weight is 461 g/mol. The van der Waals surface area contributed by atoms with E-state index in [0.717, 1.165) is 24.9 Å². The number of piperidine rings is 1. The van der Waals surface area contributed by atoms with Crippen LogP contribution in [0.15, 0.2) is 30.3 Å². The van der Waals surface area contributed by atoms with Gasteiger partial charge in [0.15, 0.2) is 5.78 Å². The molecule has 0 amide bonds. The van der Waals surface area contributed by atoms with Gasteiger partial charge in [0.2, 0.25) is 0 Å². The molecule has 0 saturated carbocycles. The minimum Gasteiger partial charge on any atom is -0.497 e. The predicted molar refractivity (Wildman–Crippen MR) is 128 cm³/mol. The molecule has 1 fully saturated rings. The Morgan fingerprint density at radius 3 is 2.34 bits per heavy atom. The largest absolute Gasteiger partial charge is 0.497 e. The smallest absolute Gasteiger partial charge is 0.166 e.